The first-order valence-electron chi connectivity index (χ1n) is 8.83. The van der Waals surface area contributed by atoms with Gasteiger partial charge in [0, 0.05) is 34.7 Å². The Morgan fingerprint density at radius 1 is 0.889 bits per heavy atom. The van der Waals surface area contributed by atoms with E-state index in [2.05, 4.69) is 0 Å². The molecule has 0 radical (unpaired) electrons. The van der Waals surface area contributed by atoms with Crippen LogP contribution in [0.5, 0.6) is 0 Å². The molecule has 6 rings (SSSR count). The predicted molar refractivity (Wildman–Crippen MR) is 102 cm³/mol. The molecule has 0 unspecified atom stereocenters. The van der Waals surface area contributed by atoms with Gasteiger partial charge in [-0.1, -0.05) is 35.3 Å². The number of hydrogen-bond donors (Lipinski definition) is 1. The fourth-order valence-corrected chi connectivity index (χ4v) is 8.57. The van der Waals surface area contributed by atoms with Gasteiger partial charge < -0.3 is 14.9 Å². The number of amides is 3. The van der Waals surface area contributed by atoms with Crippen molar-refractivity contribution in [2.45, 2.75) is 41.8 Å². The van der Waals surface area contributed by atoms with Crippen LogP contribution in [-0.2, 0) is 14.4 Å². The quantitative estimate of drug-likeness (QED) is 0.690. The molecule has 1 N–H and O–H groups in total. The second-order valence-electron chi connectivity index (χ2n) is 7.08. The first-order chi connectivity index (χ1) is 13.1. The number of aliphatic hydroxyl groups excluding tert-OH is 1. The highest BCUT2D eigenvalue weighted by atomic mass is 32.2. The number of hydrogen-bond acceptors (Lipinski definition) is 7. The van der Waals surface area contributed by atoms with Crippen LogP contribution in [-0.4, -0.2) is 60.3 Å². The average Bonchev–Trinajstić information content (AvgIpc) is 3.21. The Labute approximate surface area is 167 Å². The van der Waals surface area contributed by atoms with Crippen molar-refractivity contribution < 1.29 is 19.5 Å². The van der Waals surface area contributed by atoms with Crippen molar-refractivity contribution >= 4 is 53.0 Å². The Balaban J connectivity index is 1.46. The molecule has 3 amide bonds. The number of β-lactam (4-membered cyclic amide) rings is 3. The van der Waals surface area contributed by atoms with E-state index in [0.29, 0.717) is 25.7 Å². The molecule has 0 aromatic carbocycles. The topological polar surface area (TPSA) is 81.2 Å². The largest absolute Gasteiger partial charge is 0.396 e. The molecule has 140 valence electrons. The predicted octanol–water partition coefficient (Wildman–Crippen LogP) is 1.55. The Kier molecular flexibility index (Phi) is 3.43. The molecular weight excluding hydrogens is 406 g/mol. The van der Waals surface area contributed by atoms with Crippen LogP contribution in [0, 0.1) is 0 Å². The van der Waals surface area contributed by atoms with E-state index in [1.54, 1.807) is 45.1 Å². The molecule has 3 fully saturated rings. The summed E-state index contributed by atoms with van der Waals surface area (Å²) in [5.74, 6) is 0.317. The van der Waals surface area contributed by atoms with E-state index < -0.39 is 0 Å². The molecule has 7 nitrogen and oxygen atoms in total. The molecule has 0 saturated carbocycles. The average molecular weight is 422 g/mol. The summed E-state index contributed by atoms with van der Waals surface area (Å²) in [7, 11) is 0. The fourth-order valence-electron chi connectivity index (χ4n) is 4.16. The van der Waals surface area contributed by atoms with Crippen molar-refractivity contribution in [1.29, 1.82) is 0 Å². The SMILES string of the molecule is O=C1C[C@H]2SC(C3=C(C4=C(CCO)N5C(=O)C[C@H]5S4)S[C@@H]4CC(=O)N34)=CN12. The third kappa shape index (κ3) is 2.10. The molecule has 6 aliphatic heterocycles. The van der Waals surface area contributed by atoms with Gasteiger partial charge in [0.05, 0.1) is 46.0 Å². The minimum atomic E-state index is -0.0168. The third-order valence-electron chi connectivity index (χ3n) is 5.58. The van der Waals surface area contributed by atoms with Crippen LogP contribution < -0.4 is 0 Å². The van der Waals surface area contributed by atoms with Crippen LogP contribution in [0.2, 0.25) is 0 Å². The molecule has 0 aliphatic carbocycles. The molecule has 6 heterocycles. The highest BCUT2D eigenvalue weighted by Crippen LogP contribution is 2.61. The van der Waals surface area contributed by atoms with Gasteiger partial charge >= 0.3 is 0 Å². The minimum Gasteiger partial charge on any atom is -0.396 e. The molecule has 0 aromatic heterocycles. The van der Waals surface area contributed by atoms with Crippen molar-refractivity contribution in [3.63, 3.8) is 0 Å². The zero-order valence-electron chi connectivity index (χ0n) is 14.1. The number of thioether (sulfide) groups is 3. The van der Waals surface area contributed by atoms with Gasteiger partial charge in [0.1, 0.15) is 0 Å². The maximum absolute atomic E-state index is 12.3. The molecule has 27 heavy (non-hydrogen) atoms. The van der Waals surface area contributed by atoms with E-state index in [1.807, 2.05) is 11.1 Å². The van der Waals surface area contributed by atoms with Crippen molar-refractivity contribution in [1.82, 2.24) is 14.7 Å². The van der Waals surface area contributed by atoms with Gasteiger partial charge in [-0.15, -0.1) is 0 Å². The maximum atomic E-state index is 12.3. The molecule has 6 aliphatic rings. The van der Waals surface area contributed by atoms with E-state index in [1.165, 1.54) is 0 Å². The lowest BCUT2D eigenvalue weighted by molar-refractivity contribution is -0.139. The Bertz CT molecular complexity index is 926. The van der Waals surface area contributed by atoms with E-state index >= 15 is 0 Å². The fraction of sp³-hybridized carbons (Fsp3) is 0.471. The lowest BCUT2D eigenvalue weighted by Gasteiger charge is -2.35. The molecule has 0 spiro atoms. The summed E-state index contributed by atoms with van der Waals surface area (Å²) in [6, 6.07) is 0. The molecule has 10 heteroatoms. The van der Waals surface area contributed by atoms with Crippen molar-refractivity contribution in [3.8, 4) is 0 Å². The van der Waals surface area contributed by atoms with Crippen molar-refractivity contribution in [2.24, 2.45) is 0 Å². The zero-order valence-corrected chi connectivity index (χ0v) is 16.5. The Hall–Kier alpha value is -1.36. The van der Waals surface area contributed by atoms with E-state index in [4.69, 9.17) is 0 Å². The highest BCUT2D eigenvalue weighted by Gasteiger charge is 2.54. The molecular formula is C17H15N3O4S3. The lowest BCUT2D eigenvalue weighted by Crippen LogP contribution is -2.47. The normalized spacial score (nSPS) is 33.8. The lowest BCUT2D eigenvalue weighted by atomic mass is 10.1. The molecule has 0 aromatic rings. The standard InChI is InChI=1S/C17H15N3O4S3/c21-2-1-7-16(26-13-4-10(23)19(7)13)17-15(20-11(24)5-14(20)27-17)8-6-18-9(22)3-12(18)25-8/h6,12-14,21H,1-5H2/t12-,13-,14-/m1/s1. The van der Waals surface area contributed by atoms with Crippen molar-refractivity contribution in [3.05, 3.63) is 32.3 Å². The summed E-state index contributed by atoms with van der Waals surface area (Å²) in [5.41, 5.74) is 1.77. The van der Waals surface area contributed by atoms with E-state index in [0.717, 1.165) is 26.1 Å². The maximum Gasteiger partial charge on any atom is 0.231 e. The van der Waals surface area contributed by atoms with Crippen LogP contribution in [0.25, 0.3) is 0 Å². The number of aliphatic hydroxyl groups is 1. The van der Waals surface area contributed by atoms with Crippen LogP contribution in [0.15, 0.2) is 32.3 Å². The van der Waals surface area contributed by atoms with E-state index in [9.17, 15) is 19.5 Å². The van der Waals surface area contributed by atoms with Gasteiger partial charge in [-0.3, -0.25) is 19.3 Å². The van der Waals surface area contributed by atoms with Crippen LogP contribution in [0.4, 0.5) is 0 Å². The third-order valence-corrected chi connectivity index (χ3v) is 9.54. The summed E-state index contributed by atoms with van der Waals surface area (Å²) < 4.78 is 0. The second kappa shape index (κ2) is 5.59. The van der Waals surface area contributed by atoms with Crippen LogP contribution in [0.3, 0.4) is 0 Å². The Morgan fingerprint density at radius 3 is 2.19 bits per heavy atom. The van der Waals surface area contributed by atoms with Gasteiger partial charge in [0.15, 0.2) is 0 Å². The minimum absolute atomic E-state index is 0.0168. The first-order valence-corrected chi connectivity index (χ1v) is 11.5. The number of rotatable bonds is 4. The first kappa shape index (κ1) is 16.6. The molecule has 3 saturated heterocycles. The van der Waals surface area contributed by atoms with Crippen molar-refractivity contribution in [2.75, 3.05) is 6.61 Å². The molecule has 3 atom stereocenters. The second-order valence-corrected chi connectivity index (χ2v) is 10.7. The smallest absolute Gasteiger partial charge is 0.231 e. The summed E-state index contributed by atoms with van der Waals surface area (Å²) in [5, 5.41) is 9.87. The van der Waals surface area contributed by atoms with Gasteiger partial charge in [0.2, 0.25) is 17.7 Å². The Morgan fingerprint density at radius 2 is 1.56 bits per heavy atom. The van der Waals surface area contributed by atoms with Gasteiger partial charge in [-0.25, -0.2) is 0 Å². The summed E-state index contributed by atoms with van der Waals surface area (Å²) >= 11 is 4.97. The van der Waals surface area contributed by atoms with Gasteiger partial charge in [0.25, 0.3) is 0 Å². The number of fused-ring (bicyclic) bond motifs is 3. The highest BCUT2D eigenvalue weighted by molar-refractivity contribution is 8.09. The number of carbonyl (C=O) groups is 3. The number of nitrogens with zero attached hydrogens (tertiary/aromatic N) is 3. The summed E-state index contributed by atoms with van der Waals surface area (Å²) in [4.78, 5) is 44.6. The zero-order chi connectivity index (χ0) is 18.4. The van der Waals surface area contributed by atoms with Crippen LogP contribution in [0.1, 0.15) is 25.7 Å². The van der Waals surface area contributed by atoms with Crippen LogP contribution >= 0.6 is 35.3 Å². The monoisotopic (exact) mass is 421 g/mol. The summed E-state index contributed by atoms with van der Waals surface area (Å²) in [6.07, 6.45) is 3.87. The number of carbonyl (C=O) groups excluding carboxylic acids is 3. The molecule has 0 bridgehead atoms. The van der Waals surface area contributed by atoms with E-state index in [-0.39, 0.29) is 40.5 Å². The van der Waals surface area contributed by atoms with Gasteiger partial charge in [-0.2, -0.15) is 0 Å². The summed E-state index contributed by atoms with van der Waals surface area (Å²) in [6.45, 7) is -0.0168. The van der Waals surface area contributed by atoms with Gasteiger partial charge in [-0.05, 0) is 0 Å².